The molecule has 1 aromatic carbocycles. The Hall–Kier alpha value is -1.44. The first-order chi connectivity index (χ1) is 6.09. The Morgan fingerprint density at radius 1 is 1.08 bits per heavy atom. The highest BCUT2D eigenvalue weighted by Gasteiger charge is 2.28. The Bertz CT molecular complexity index is 416. The largest absolute Gasteiger partial charge is 0.294 e. The first-order valence-corrected chi connectivity index (χ1v) is 4.27. The smallest absolute Gasteiger partial charge is 0.171 e. The van der Waals surface area contributed by atoms with Crippen LogP contribution >= 0.6 is 0 Å². The highest BCUT2D eigenvalue weighted by Crippen LogP contribution is 2.26. The topological polar surface area (TPSA) is 34.1 Å². The average molecular weight is 174 g/mol. The Balaban J connectivity index is 2.77. The summed E-state index contributed by atoms with van der Waals surface area (Å²) in [7, 11) is 0. The molecule has 0 radical (unpaired) electrons. The van der Waals surface area contributed by atoms with Gasteiger partial charge < -0.3 is 0 Å². The molecule has 0 aromatic heterocycles. The molecule has 2 rings (SSSR count). The van der Waals surface area contributed by atoms with Crippen molar-refractivity contribution in [3.63, 3.8) is 0 Å². The summed E-state index contributed by atoms with van der Waals surface area (Å²) in [6, 6.07) is 3.74. The second kappa shape index (κ2) is 2.52. The van der Waals surface area contributed by atoms with Gasteiger partial charge in [-0.3, -0.25) is 9.59 Å². The van der Waals surface area contributed by atoms with Gasteiger partial charge >= 0.3 is 0 Å². The van der Waals surface area contributed by atoms with Gasteiger partial charge in [-0.25, -0.2) is 0 Å². The van der Waals surface area contributed by atoms with Crippen molar-refractivity contribution in [2.45, 2.75) is 20.3 Å². The molecule has 0 fully saturated rings. The molecule has 0 heterocycles. The summed E-state index contributed by atoms with van der Waals surface area (Å²) in [5.41, 5.74) is 3.21. The summed E-state index contributed by atoms with van der Waals surface area (Å²) in [5, 5.41) is 0. The number of benzene rings is 1. The zero-order chi connectivity index (χ0) is 9.59. The van der Waals surface area contributed by atoms with E-state index in [1.54, 1.807) is 6.07 Å². The van der Waals surface area contributed by atoms with Crippen LogP contribution in [0.5, 0.6) is 0 Å². The van der Waals surface area contributed by atoms with E-state index in [9.17, 15) is 9.59 Å². The van der Waals surface area contributed by atoms with Gasteiger partial charge in [-0.2, -0.15) is 0 Å². The van der Waals surface area contributed by atoms with Gasteiger partial charge in [-0.05, 0) is 25.5 Å². The number of hydrogen-bond acceptors (Lipinski definition) is 2. The first kappa shape index (κ1) is 8.17. The van der Waals surface area contributed by atoms with Gasteiger partial charge in [0.05, 0.1) is 6.42 Å². The molecule has 66 valence electrons. The molecule has 0 spiro atoms. The second-order valence-corrected chi connectivity index (χ2v) is 3.53. The van der Waals surface area contributed by atoms with Crippen LogP contribution in [0.3, 0.4) is 0 Å². The summed E-state index contributed by atoms with van der Waals surface area (Å²) >= 11 is 0. The summed E-state index contributed by atoms with van der Waals surface area (Å²) in [5.74, 6) is -0.0655. The Morgan fingerprint density at radius 3 is 2.46 bits per heavy atom. The molecule has 0 amide bonds. The Morgan fingerprint density at radius 2 is 1.77 bits per heavy atom. The predicted octanol–water partition coefficient (Wildman–Crippen LogP) is 2.07. The van der Waals surface area contributed by atoms with E-state index in [-0.39, 0.29) is 18.0 Å². The highest BCUT2D eigenvalue weighted by atomic mass is 16.2. The maximum absolute atomic E-state index is 11.4. The minimum absolute atomic E-state index is 0.0301. The van der Waals surface area contributed by atoms with E-state index in [1.807, 2.05) is 19.9 Å². The van der Waals surface area contributed by atoms with Crippen LogP contribution < -0.4 is 0 Å². The van der Waals surface area contributed by atoms with Crippen LogP contribution in [0.2, 0.25) is 0 Å². The molecule has 0 N–H and O–H groups in total. The molecule has 0 bridgehead atoms. The van der Waals surface area contributed by atoms with Crippen LogP contribution in [0.15, 0.2) is 12.1 Å². The highest BCUT2D eigenvalue weighted by molar-refractivity contribution is 6.24. The number of Topliss-reactive ketones (excluding diaryl/α,β-unsaturated/α-hetero) is 2. The third-order valence-corrected chi connectivity index (χ3v) is 2.38. The zero-order valence-corrected chi connectivity index (χ0v) is 7.68. The monoisotopic (exact) mass is 174 g/mol. The van der Waals surface area contributed by atoms with E-state index in [2.05, 4.69) is 0 Å². The number of carbonyl (C=O) groups excluding carboxylic acids is 2. The van der Waals surface area contributed by atoms with E-state index in [0.29, 0.717) is 11.1 Å². The lowest BCUT2D eigenvalue weighted by molar-refractivity contribution is 0.0923. The van der Waals surface area contributed by atoms with Gasteiger partial charge in [0.15, 0.2) is 11.6 Å². The maximum atomic E-state index is 11.4. The molecule has 0 atom stereocenters. The molecular weight excluding hydrogens is 164 g/mol. The van der Waals surface area contributed by atoms with Gasteiger partial charge in [-0.1, -0.05) is 11.6 Å². The van der Waals surface area contributed by atoms with E-state index < -0.39 is 0 Å². The minimum atomic E-state index is -0.0354. The Labute approximate surface area is 76.6 Å². The van der Waals surface area contributed by atoms with E-state index in [1.165, 1.54) is 0 Å². The van der Waals surface area contributed by atoms with E-state index >= 15 is 0 Å². The molecule has 13 heavy (non-hydrogen) atoms. The van der Waals surface area contributed by atoms with Crippen LogP contribution in [0.1, 0.15) is 38.3 Å². The van der Waals surface area contributed by atoms with Gasteiger partial charge in [0.25, 0.3) is 0 Å². The predicted molar refractivity (Wildman–Crippen MR) is 49.2 cm³/mol. The normalized spacial score (nSPS) is 14.9. The van der Waals surface area contributed by atoms with Crippen LogP contribution in [0.25, 0.3) is 0 Å². The molecule has 0 aliphatic heterocycles. The van der Waals surface area contributed by atoms with Crippen LogP contribution in [0, 0.1) is 13.8 Å². The van der Waals surface area contributed by atoms with Crippen molar-refractivity contribution in [1.82, 2.24) is 0 Å². The molecular formula is C11H10O2. The van der Waals surface area contributed by atoms with Crippen LogP contribution in [-0.4, -0.2) is 11.6 Å². The van der Waals surface area contributed by atoms with Crippen molar-refractivity contribution in [3.8, 4) is 0 Å². The van der Waals surface area contributed by atoms with Gasteiger partial charge in [0, 0.05) is 11.1 Å². The van der Waals surface area contributed by atoms with Gasteiger partial charge in [-0.15, -0.1) is 0 Å². The fourth-order valence-corrected chi connectivity index (χ4v) is 1.89. The van der Waals surface area contributed by atoms with Crippen molar-refractivity contribution in [2.24, 2.45) is 0 Å². The van der Waals surface area contributed by atoms with Crippen molar-refractivity contribution in [1.29, 1.82) is 0 Å². The molecule has 0 unspecified atom stereocenters. The summed E-state index contributed by atoms with van der Waals surface area (Å²) in [6.07, 6.45) is 0.0552. The fraction of sp³-hybridized carbons (Fsp3) is 0.273. The van der Waals surface area contributed by atoms with Crippen LogP contribution in [-0.2, 0) is 0 Å². The van der Waals surface area contributed by atoms with Crippen molar-refractivity contribution >= 4 is 11.6 Å². The number of aryl methyl sites for hydroxylation is 2. The molecule has 1 aromatic rings. The zero-order valence-electron chi connectivity index (χ0n) is 7.68. The van der Waals surface area contributed by atoms with E-state index in [4.69, 9.17) is 0 Å². The lowest BCUT2D eigenvalue weighted by Gasteiger charge is -2.02. The number of rotatable bonds is 0. The summed E-state index contributed by atoms with van der Waals surface area (Å²) < 4.78 is 0. The third kappa shape index (κ3) is 1.10. The van der Waals surface area contributed by atoms with Crippen LogP contribution in [0.4, 0.5) is 0 Å². The minimum Gasteiger partial charge on any atom is -0.294 e. The lowest BCUT2D eigenvalue weighted by atomic mass is 10.0. The molecule has 1 aliphatic rings. The van der Waals surface area contributed by atoms with E-state index in [0.717, 1.165) is 11.1 Å². The molecule has 2 nitrogen and oxygen atoms in total. The fourth-order valence-electron chi connectivity index (χ4n) is 1.89. The number of hydrogen-bond donors (Lipinski definition) is 0. The third-order valence-electron chi connectivity index (χ3n) is 2.38. The average Bonchev–Trinajstić information content (AvgIpc) is 2.27. The lowest BCUT2D eigenvalue weighted by Crippen LogP contribution is -1.95. The quantitative estimate of drug-likeness (QED) is 0.564. The number of fused-ring (bicyclic) bond motifs is 1. The standard InChI is InChI=1S/C11H10O2/c1-6-3-7(2)11-8(4-6)9(12)5-10(11)13/h3-4H,5H2,1-2H3. The van der Waals surface area contributed by atoms with Gasteiger partial charge in [0.2, 0.25) is 0 Å². The molecule has 0 saturated heterocycles. The molecule has 2 heteroatoms. The SMILES string of the molecule is Cc1cc(C)c2c(c1)C(=O)CC2=O. The maximum Gasteiger partial charge on any atom is 0.171 e. The van der Waals surface area contributed by atoms with Crippen molar-refractivity contribution in [2.75, 3.05) is 0 Å². The molecule has 0 saturated carbocycles. The van der Waals surface area contributed by atoms with Crippen molar-refractivity contribution in [3.05, 3.63) is 34.4 Å². The summed E-state index contributed by atoms with van der Waals surface area (Å²) in [4.78, 5) is 22.7. The number of ketones is 2. The number of carbonyl (C=O) groups is 2. The Kier molecular flexibility index (Phi) is 1.59. The summed E-state index contributed by atoms with van der Waals surface area (Å²) in [6.45, 7) is 3.81. The van der Waals surface area contributed by atoms with Gasteiger partial charge in [0.1, 0.15) is 0 Å². The second-order valence-electron chi connectivity index (χ2n) is 3.53. The first-order valence-electron chi connectivity index (χ1n) is 4.27. The molecule has 1 aliphatic carbocycles. The van der Waals surface area contributed by atoms with Crippen molar-refractivity contribution < 1.29 is 9.59 Å².